The Bertz CT molecular complexity index is 613. The highest BCUT2D eigenvalue weighted by Crippen LogP contribution is 2.41. The van der Waals surface area contributed by atoms with Crippen molar-refractivity contribution >= 4 is 5.97 Å². The van der Waals surface area contributed by atoms with Gasteiger partial charge >= 0.3 is 5.97 Å². The van der Waals surface area contributed by atoms with Crippen LogP contribution in [0.3, 0.4) is 0 Å². The molecule has 1 unspecified atom stereocenters. The average Bonchev–Trinajstić information content (AvgIpc) is 3.11. The number of rotatable bonds is 6. The highest BCUT2D eigenvalue weighted by molar-refractivity contribution is 5.73. The number of fused-ring (bicyclic) bond motifs is 1. The molecule has 0 radical (unpaired) electrons. The predicted molar refractivity (Wildman–Crippen MR) is 91.5 cm³/mol. The van der Waals surface area contributed by atoms with E-state index in [1.165, 1.54) is 0 Å². The second-order valence-corrected chi connectivity index (χ2v) is 7.72. The van der Waals surface area contributed by atoms with Crippen LogP contribution in [-0.2, 0) is 4.79 Å². The highest BCUT2D eigenvalue weighted by Gasteiger charge is 2.43. The zero-order valence-corrected chi connectivity index (χ0v) is 14.7. The van der Waals surface area contributed by atoms with Crippen LogP contribution in [0.2, 0.25) is 0 Å². The van der Waals surface area contributed by atoms with E-state index in [9.17, 15) is 9.90 Å². The van der Waals surface area contributed by atoms with Gasteiger partial charge < -0.3 is 19.9 Å². The molecule has 2 aliphatic rings. The summed E-state index contributed by atoms with van der Waals surface area (Å²) in [6, 6.07) is 5.78. The van der Waals surface area contributed by atoms with Crippen LogP contribution < -0.4 is 14.8 Å². The minimum atomic E-state index is -0.722. The molecule has 132 valence electrons. The van der Waals surface area contributed by atoms with Crippen LogP contribution in [0.15, 0.2) is 18.2 Å². The molecule has 0 aromatic heterocycles. The first-order chi connectivity index (χ1) is 11.4. The van der Waals surface area contributed by atoms with Crippen LogP contribution in [0.1, 0.15) is 51.5 Å². The smallest absolute Gasteiger partial charge is 0.308 e. The third-order valence-electron chi connectivity index (χ3n) is 5.28. The minimum Gasteiger partial charge on any atom is -0.481 e. The fourth-order valence-corrected chi connectivity index (χ4v) is 4.20. The minimum absolute atomic E-state index is 0.000488. The van der Waals surface area contributed by atoms with Gasteiger partial charge in [-0.1, -0.05) is 33.3 Å². The van der Waals surface area contributed by atoms with Crippen molar-refractivity contribution in [1.82, 2.24) is 5.32 Å². The van der Waals surface area contributed by atoms with Gasteiger partial charge in [-0.15, -0.1) is 0 Å². The Balaban J connectivity index is 1.80. The van der Waals surface area contributed by atoms with Gasteiger partial charge in [-0.2, -0.15) is 0 Å². The summed E-state index contributed by atoms with van der Waals surface area (Å²) in [6.45, 7) is 7.55. The molecule has 2 heterocycles. The lowest BCUT2D eigenvalue weighted by Gasteiger charge is -2.30. The van der Waals surface area contributed by atoms with Crippen molar-refractivity contribution in [3.8, 4) is 11.5 Å². The fourth-order valence-electron chi connectivity index (χ4n) is 4.20. The molecular weight excluding hydrogens is 306 g/mol. The van der Waals surface area contributed by atoms with E-state index in [1.54, 1.807) is 0 Å². The molecule has 1 saturated heterocycles. The molecule has 1 fully saturated rings. The average molecular weight is 333 g/mol. The van der Waals surface area contributed by atoms with E-state index >= 15 is 0 Å². The number of carbonyl (C=O) groups is 1. The first-order valence-electron chi connectivity index (χ1n) is 8.77. The normalized spacial score (nSPS) is 25.9. The van der Waals surface area contributed by atoms with Gasteiger partial charge in [-0.25, -0.2) is 0 Å². The van der Waals surface area contributed by atoms with E-state index in [0.717, 1.165) is 30.6 Å². The standard InChI is InChI=1S/C19H27NO4/c1-4-7-19(2,3)9-14-17(18(21)22)13(10-20-14)12-5-6-15-16(8-12)24-11-23-15/h5-6,8,13-14,17,20H,4,7,9-11H2,1-3H3,(H,21,22)/t13?,14-,17+/m1/s1. The molecule has 0 aliphatic carbocycles. The fraction of sp³-hybridized carbons (Fsp3) is 0.632. The number of ether oxygens (including phenoxy) is 2. The Morgan fingerprint density at radius 2 is 2.08 bits per heavy atom. The van der Waals surface area contributed by atoms with Crippen molar-refractivity contribution in [3.63, 3.8) is 0 Å². The summed E-state index contributed by atoms with van der Waals surface area (Å²) in [7, 11) is 0. The van der Waals surface area contributed by atoms with E-state index < -0.39 is 11.9 Å². The number of hydrogen-bond acceptors (Lipinski definition) is 4. The first-order valence-corrected chi connectivity index (χ1v) is 8.77. The van der Waals surface area contributed by atoms with Crippen LogP contribution in [0.5, 0.6) is 11.5 Å². The van der Waals surface area contributed by atoms with E-state index in [0.29, 0.717) is 12.3 Å². The van der Waals surface area contributed by atoms with Crippen LogP contribution >= 0.6 is 0 Å². The first kappa shape index (κ1) is 17.1. The molecule has 0 saturated carbocycles. The quantitative estimate of drug-likeness (QED) is 0.835. The van der Waals surface area contributed by atoms with Crippen molar-refractivity contribution in [1.29, 1.82) is 0 Å². The maximum Gasteiger partial charge on any atom is 0.308 e. The number of hydrogen-bond donors (Lipinski definition) is 2. The Morgan fingerprint density at radius 1 is 1.33 bits per heavy atom. The predicted octanol–water partition coefficient (Wildman–Crippen LogP) is 3.39. The molecule has 0 amide bonds. The number of carboxylic acids is 1. The summed E-state index contributed by atoms with van der Waals surface area (Å²) in [5.74, 6) is 0.268. The van der Waals surface area contributed by atoms with Crippen LogP contribution in [-0.4, -0.2) is 30.5 Å². The zero-order chi connectivity index (χ0) is 17.3. The van der Waals surface area contributed by atoms with Crippen molar-refractivity contribution < 1.29 is 19.4 Å². The highest BCUT2D eigenvalue weighted by atomic mass is 16.7. The maximum absolute atomic E-state index is 12.0. The molecule has 3 atom stereocenters. The number of benzene rings is 1. The van der Waals surface area contributed by atoms with Crippen LogP contribution in [0.4, 0.5) is 0 Å². The Morgan fingerprint density at radius 3 is 2.79 bits per heavy atom. The molecule has 24 heavy (non-hydrogen) atoms. The lowest BCUT2D eigenvalue weighted by atomic mass is 9.76. The third kappa shape index (κ3) is 3.36. The largest absolute Gasteiger partial charge is 0.481 e. The summed E-state index contributed by atoms with van der Waals surface area (Å²) >= 11 is 0. The maximum atomic E-state index is 12.0. The Kier molecular flexibility index (Phi) is 4.72. The van der Waals surface area contributed by atoms with Gasteiger partial charge in [0.15, 0.2) is 11.5 Å². The SMILES string of the molecule is CCCC(C)(C)C[C@H]1NCC(c2ccc3c(c2)OCO3)[C@@H]1C(=O)O. The summed E-state index contributed by atoms with van der Waals surface area (Å²) in [4.78, 5) is 12.0. The lowest BCUT2D eigenvalue weighted by Crippen LogP contribution is -2.36. The monoisotopic (exact) mass is 333 g/mol. The molecule has 5 nitrogen and oxygen atoms in total. The van der Waals surface area contributed by atoms with Gasteiger partial charge in [-0.3, -0.25) is 4.79 Å². The van der Waals surface area contributed by atoms with Crippen molar-refractivity contribution in [2.45, 2.75) is 52.0 Å². The summed E-state index contributed by atoms with van der Waals surface area (Å²) < 4.78 is 10.8. The van der Waals surface area contributed by atoms with Crippen LogP contribution in [0, 0.1) is 11.3 Å². The number of carboxylic acid groups (broad SMARTS) is 1. The molecule has 1 aromatic carbocycles. The van der Waals surface area contributed by atoms with Crippen molar-refractivity contribution in [2.24, 2.45) is 11.3 Å². The summed E-state index contributed by atoms with van der Waals surface area (Å²) in [5, 5.41) is 13.3. The molecule has 2 aliphatic heterocycles. The second kappa shape index (κ2) is 6.63. The Hall–Kier alpha value is -1.75. The molecule has 1 aromatic rings. The van der Waals surface area contributed by atoms with E-state index in [4.69, 9.17) is 9.47 Å². The van der Waals surface area contributed by atoms with Gasteiger partial charge in [-0.05, 0) is 36.0 Å². The molecule has 0 spiro atoms. The Labute approximate surface area is 143 Å². The van der Waals surface area contributed by atoms with Gasteiger partial charge in [0.25, 0.3) is 0 Å². The molecular formula is C19H27NO4. The van der Waals surface area contributed by atoms with E-state index in [1.807, 2.05) is 18.2 Å². The van der Waals surface area contributed by atoms with Crippen molar-refractivity contribution in [2.75, 3.05) is 13.3 Å². The molecule has 3 rings (SSSR count). The molecule has 5 heteroatoms. The van der Waals surface area contributed by atoms with E-state index in [-0.39, 0.29) is 24.2 Å². The molecule has 2 N–H and O–H groups in total. The van der Waals surface area contributed by atoms with E-state index in [2.05, 4.69) is 26.1 Å². The van der Waals surface area contributed by atoms with Gasteiger partial charge in [0, 0.05) is 18.5 Å². The summed E-state index contributed by atoms with van der Waals surface area (Å²) in [5.41, 5.74) is 1.15. The van der Waals surface area contributed by atoms with Gasteiger partial charge in [0.1, 0.15) is 0 Å². The lowest BCUT2D eigenvalue weighted by molar-refractivity contribution is -0.142. The van der Waals surface area contributed by atoms with Gasteiger partial charge in [0.2, 0.25) is 6.79 Å². The second-order valence-electron chi connectivity index (χ2n) is 7.72. The third-order valence-corrected chi connectivity index (χ3v) is 5.28. The number of aliphatic carboxylic acids is 1. The zero-order valence-electron chi connectivity index (χ0n) is 14.7. The van der Waals surface area contributed by atoms with Gasteiger partial charge in [0.05, 0.1) is 5.92 Å². The molecule has 0 bridgehead atoms. The van der Waals surface area contributed by atoms with Crippen LogP contribution in [0.25, 0.3) is 0 Å². The summed E-state index contributed by atoms with van der Waals surface area (Å²) in [6.07, 6.45) is 3.09. The van der Waals surface area contributed by atoms with Crippen molar-refractivity contribution in [3.05, 3.63) is 23.8 Å². The topological polar surface area (TPSA) is 67.8 Å². The number of nitrogens with one attached hydrogen (secondary N) is 1.